The van der Waals surface area contributed by atoms with E-state index >= 15 is 0 Å². The van der Waals surface area contributed by atoms with Gasteiger partial charge in [0.25, 0.3) is 0 Å². The fourth-order valence-corrected chi connectivity index (χ4v) is 4.22. The molecule has 0 radical (unpaired) electrons. The summed E-state index contributed by atoms with van der Waals surface area (Å²) in [5, 5.41) is 0. The molecular weight excluding hydrogens is 464 g/mol. The van der Waals surface area contributed by atoms with Crippen LogP contribution in [0.5, 0.6) is 34.5 Å². The Morgan fingerprint density at radius 3 is 1.57 bits per heavy atom. The molecule has 5 nitrogen and oxygen atoms in total. The zero-order chi connectivity index (χ0) is 26.0. The average Bonchev–Trinajstić information content (AvgIpc) is 2.96. The van der Waals surface area contributed by atoms with Crippen LogP contribution in [-0.4, -0.2) is 28.4 Å². The predicted molar refractivity (Wildman–Crippen MR) is 147 cm³/mol. The standard InChI is InChI=1S/C32H34O5/c1-33-27-16-12-23(13-17-27)8-9-26-14-18-29(35-3)32(22-26)37-30-19-15-25(21-31(30)36-4)11-10-24-6-5-7-28(20-24)34-2/h5-7,12-22H,8-11H2,1-4H3. The van der Waals surface area contributed by atoms with Crippen molar-refractivity contribution in [1.29, 1.82) is 0 Å². The normalized spacial score (nSPS) is 10.6. The first-order valence-corrected chi connectivity index (χ1v) is 12.4. The van der Waals surface area contributed by atoms with E-state index in [0.29, 0.717) is 23.0 Å². The van der Waals surface area contributed by atoms with Crippen molar-refractivity contribution in [2.75, 3.05) is 28.4 Å². The number of aryl methyl sites for hydroxylation is 4. The summed E-state index contributed by atoms with van der Waals surface area (Å²) in [7, 11) is 6.68. The summed E-state index contributed by atoms with van der Waals surface area (Å²) in [6.07, 6.45) is 3.59. The molecule has 0 spiro atoms. The summed E-state index contributed by atoms with van der Waals surface area (Å²) >= 11 is 0. The number of hydrogen-bond donors (Lipinski definition) is 0. The number of rotatable bonds is 12. The largest absolute Gasteiger partial charge is 0.497 e. The lowest BCUT2D eigenvalue weighted by Crippen LogP contribution is -1.98. The van der Waals surface area contributed by atoms with Crippen LogP contribution in [0.4, 0.5) is 0 Å². The third-order valence-electron chi connectivity index (χ3n) is 6.37. The highest BCUT2D eigenvalue weighted by Crippen LogP contribution is 2.38. The molecule has 0 N–H and O–H groups in total. The number of benzene rings is 4. The predicted octanol–water partition coefficient (Wildman–Crippen LogP) is 7.08. The van der Waals surface area contributed by atoms with Gasteiger partial charge < -0.3 is 23.7 Å². The first-order chi connectivity index (χ1) is 18.1. The van der Waals surface area contributed by atoms with Crippen molar-refractivity contribution in [2.45, 2.75) is 25.7 Å². The maximum atomic E-state index is 6.31. The lowest BCUT2D eigenvalue weighted by atomic mass is 10.0. The van der Waals surface area contributed by atoms with E-state index in [0.717, 1.165) is 37.2 Å². The van der Waals surface area contributed by atoms with Gasteiger partial charge in [-0.1, -0.05) is 36.4 Å². The summed E-state index contributed by atoms with van der Waals surface area (Å²) in [4.78, 5) is 0. The number of ether oxygens (including phenoxy) is 5. The molecule has 0 saturated heterocycles. The van der Waals surface area contributed by atoms with Crippen LogP contribution in [0.3, 0.4) is 0 Å². The zero-order valence-electron chi connectivity index (χ0n) is 22.0. The van der Waals surface area contributed by atoms with Crippen molar-refractivity contribution in [1.82, 2.24) is 0 Å². The van der Waals surface area contributed by atoms with E-state index in [1.165, 1.54) is 22.3 Å². The molecule has 4 aromatic rings. The Balaban J connectivity index is 1.45. The van der Waals surface area contributed by atoms with E-state index in [2.05, 4.69) is 36.4 Å². The van der Waals surface area contributed by atoms with Crippen LogP contribution in [0.25, 0.3) is 0 Å². The van der Waals surface area contributed by atoms with E-state index in [1.807, 2.05) is 48.5 Å². The van der Waals surface area contributed by atoms with Crippen molar-refractivity contribution in [3.05, 3.63) is 107 Å². The van der Waals surface area contributed by atoms with Crippen LogP contribution in [0, 0.1) is 0 Å². The van der Waals surface area contributed by atoms with E-state index in [1.54, 1.807) is 28.4 Å². The Labute approximate surface area is 219 Å². The van der Waals surface area contributed by atoms with Crippen LogP contribution < -0.4 is 23.7 Å². The molecule has 0 aromatic heterocycles. The minimum atomic E-state index is 0.651. The van der Waals surface area contributed by atoms with Crippen LogP contribution in [0.15, 0.2) is 84.9 Å². The molecular formula is C32H34O5. The zero-order valence-corrected chi connectivity index (χ0v) is 22.0. The van der Waals surface area contributed by atoms with Gasteiger partial charge in [0.05, 0.1) is 28.4 Å². The highest BCUT2D eigenvalue weighted by molar-refractivity contribution is 5.50. The molecule has 192 valence electrons. The SMILES string of the molecule is COc1ccc(CCc2ccc(OC)c(Oc3ccc(CCc4cccc(OC)c4)cc3OC)c2)cc1. The lowest BCUT2D eigenvalue weighted by molar-refractivity contribution is 0.356. The van der Waals surface area contributed by atoms with E-state index in [9.17, 15) is 0 Å². The van der Waals surface area contributed by atoms with Crippen LogP contribution in [0.1, 0.15) is 22.3 Å². The van der Waals surface area contributed by atoms with Gasteiger partial charge in [0.1, 0.15) is 11.5 Å². The Morgan fingerprint density at radius 1 is 0.405 bits per heavy atom. The molecule has 0 fully saturated rings. The molecule has 0 aliphatic rings. The van der Waals surface area contributed by atoms with Crippen LogP contribution >= 0.6 is 0 Å². The molecule has 4 rings (SSSR count). The molecule has 0 atom stereocenters. The van der Waals surface area contributed by atoms with Gasteiger partial charge in [0.2, 0.25) is 0 Å². The van der Waals surface area contributed by atoms with Gasteiger partial charge in [-0.2, -0.15) is 0 Å². The second-order valence-electron chi connectivity index (χ2n) is 8.77. The summed E-state index contributed by atoms with van der Waals surface area (Å²) < 4.78 is 28.2. The number of methoxy groups -OCH3 is 4. The van der Waals surface area contributed by atoms with Crippen LogP contribution in [-0.2, 0) is 25.7 Å². The molecule has 0 saturated carbocycles. The third kappa shape index (κ3) is 6.98. The first-order valence-electron chi connectivity index (χ1n) is 12.4. The highest BCUT2D eigenvalue weighted by atomic mass is 16.5. The first kappa shape index (κ1) is 26.0. The maximum absolute atomic E-state index is 6.31. The Morgan fingerprint density at radius 2 is 0.946 bits per heavy atom. The summed E-state index contributed by atoms with van der Waals surface area (Å²) in [5.74, 6) is 4.42. The molecule has 0 aliphatic carbocycles. The molecule has 0 unspecified atom stereocenters. The fourth-order valence-electron chi connectivity index (χ4n) is 4.22. The Hall–Kier alpha value is -4.12. The summed E-state index contributed by atoms with van der Waals surface area (Å²) in [6.45, 7) is 0. The van der Waals surface area contributed by atoms with Crippen LogP contribution in [0.2, 0.25) is 0 Å². The molecule has 0 aliphatic heterocycles. The average molecular weight is 499 g/mol. The third-order valence-corrected chi connectivity index (χ3v) is 6.37. The van der Waals surface area contributed by atoms with Gasteiger partial charge in [-0.05, 0) is 96.5 Å². The number of hydrogen-bond acceptors (Lipinski definition) is 5. The summed E-state index contributed by atoms with van der Waals surface area (Å²) in [5.41, 5.74) is 4.83. The van der Waals surface area contributed by atoms with Gasteiger partial charge in [-0.3, -0.25) is 0 Å². The van der Waals surface area contributed by atoms with Gasteiger partial charge >= 0.3 is 0 Å². The summed E-state index contributed by atoms with van der Waals surface area (Å²) in [6, 6.07) is 28.5. The minimum absolute atomic E-state index is 0.651. The molecule has 0 heterocycles. The monoisotopic (exact) mass is 498 g/mol. The fraction of sp³-hybridized carbons (Fsp3) is 0.250. The van der Waals surface area contributed by atoms with Gasteiger partial charge in [0.15, 0.2) is 23.0 Å². The molecule has 37 heavy (non-hydrogen) atoms. The van der Waals surface area contributed by atoms with Gasteiger partial charge in [0, 0.05) is 0 Å². The Kier molecular flexibility index (Phi) is 8.93. The second-order valence-corrected chi connectivity index (χ2v) is 8.77. The topological polar surface area (TPSA) is 46.2 Å². The quantitative estimate of drug-likeness (QED) is 0.209. The van der Waals surface area contributed by atoms with Crippen molar-refractivity contribution in [3.63, 3.8) is 0 Å². The van der Waals surface area contributed by atoms with E-state index in [4.69, 9.17) is 23.7 Å². The Bertz CT molecular complexity index is 1300. The van der Waals surface area contributed by atoms with Crippen molar-refractivity contribution in [3.8, 4) is 34.5 Å². The van der Waals surface area contributed by atoms with E-state index < -0.39 is 0 Å². The van der Waals surface area contributed by atoms with Crippen molar-refractivity contribution >= 4 is 0 Å². The lowest BCUT2D eigenvalue weighted by Gasteiger charge is -2.15. The molecule has 4 aromatic carbocycles. The van der Waals surface area contributed by atoms with Crippen molar-refractivity contribution < 1.29 is 23.7 Å². The van der Waals surface area contributed by atoms with E-state index in [-0.39, 0.29) is 0 Å². The highest BCUT2D eigenvalue weighted by Gasteiger charge is 2.12. The smallest absolute Gasteiger partial charge is 0.169 e. The second kappa shape index (κ2) is 12.7. The molecule has 0 bridgehead atoms. The minimum Gasteiger partial charge on any atom is -0.497 e. The maximum Gasteiger partial charge on any atom is 0.169 e. The van der Waals surface area contributed by atoms with Gasteiger partial charge in [-0.25, -0.2) is 0 Å². The van der Waals surface area contributed by atoms with Gasteiger partial charge in [-0.15, -0.1) is 0 Å². The van der Waals surface area contributed by atoms with Crippen molar-refractivity contribution in [2.24, 2.45) is 0 Å². The molecule has 5 heteroatoms. The molecule has 0 amide bonds.